The monoisotopic (exact) mass is 307 g/mol. The summed E-state index contributed by atoms with van der Waals surface area (Å²) in [6, 6.07) is 6.47. The Kier molecular flexibility index (Phi) is 5.40. The predicted octanol–water partition coefficient (Wildman–Crippen LogP) is 1.84. The summed E-state index contributed by atoms with van der Waals surface area (Å²) in [4.78, 5) is 0.289. The Hall–Kier alpha value is -1.35. The lowest BCUT2D eigenvalue weighted by Gasteiger charge is -2.20. The van der Waals surface area contributed by atoms with Crippen molar-refractivity contribution < 1.29 is 13.5 Å². The molecule has 4 nitrogen and oxygen atoms in total. The van der Waals surface area contributed by atoms with Crippen molar-refractivity contribution in [1.29, 1.82) is 0 Å². The zero-order valence-corrected chi connectivity index (χ0v) is 13.1. The van der Waals surface area contributed by atoms with E-state index in [4.69, 9.17) is 5.11 Å². The van der Waals surface area contributed by atoms with E-state index in [-0.39, 0.29) is 11.5 Å². The Bertz CT molecular complexity index is 620. The first-order valence-electron chi connectivity index (χ1n) is 7.20. The van der Waals surface area contributed by atoms with Gasteiger partial charge in [0.15, 0.2) is 0 Å². The van der Waals surface area contributed by atoms with Crippen molar-refractivity contribution in [3.63, 3.8) is 0 Å². The molecule has 0 atom stereocenters. The van der Waals surface area contributed by atoms with Crippen molar-refractivity contribution in [2.45, 2.75) is 30.6 Å². The number of hydrogen-bond acceptors (Lipinski definition) is 3. The smallest absolute Gasteiger partial charge is 0.242 e. The molecule has 0 aliphatic heterocycles. The van der Waals surface area contributed by atoms with E-state index in [1.807, 2.05) is 0 Å². The number of aliphatic hydroxyl groups is 1. The minimum absolute atomic E-state index is 0.204. The maximum atomic E-state index is 12.5. The van der Waals surface area contributed by atoms with Crippen LogP contribution >= 0.6 is 0 Å². The maximum Gasteiger partial charge on any atom is 0.242 e. The average molecular weight is 307 g/mol. The van der Waals surface area contributed by atoms with E-state index in [0.717, 1.165) is 12.8 Å². The van der Waals surface area contributed by atoms with Crippen LogP contribution in [0.2, 0.25) is 0 Å². The van der Waals surface area contributed by atoms with Crippen molar-refractivity contribution in [2.24, 2.45) is 5.92 Å². The lowest BCUT2D eigenvalue weighted by atomic mass is 10.1. The Morgan fingerprint density at radius 3 is 2.43 bits per heavy atom. The van der Waals surface area contributed by atoms with E-state index >= 15 is 0 Å². The lowest BCUT2D eigenvalue weighted by molar-refractivity contribution is 0.350. The fourth-order valence-corrected chi connectivity index (χ4v) is 3.93. The molecule has 0 amide bonds. The van der Waals surface area contributed by atoms with Gasteiger partial charge in [0.05, 0.1) is 4.90 Å². The van der Waals surface area contributed by atoms with Crippen molar-refractivity contribution in [3.8, 4) is 11.8 Å². The van der Waals surface area contributed by atoms with Crippen LogP contribution in [0.3, 0.4) is 0 Å². The molecule has 2 rings (SSSR count). The van der Waals surface area contributed by atoms with Crippen LogP contribution < -0.4 is 0 Å². The summed E-state index contributed by atoms with van der Waals surface area (Å²) < 4.78 is 26.4. The first-order chi connectivity index (χ1) is 10.0. The van der Waals surface area contributed by atoms with Gasteiger partial charge in [-0.15, -0.1) is 0 Å². The fourth-order valence-electron chi connectivity index (χ4n) is 2.69. The Labute approximate surface area is 126 Å². The minimum Gasteiger partial charge on any atom is -0.384 e. The van der Waals surface area contributed by atoms with Gasteiger partial charge >= 0.3 is 0 Å². The molecule has 0 bridgehead atoms. The second kappa shape index (κ2) is 7.08. The van der Waals surface area contributed by atoms with Crippen LogP contribution in [0.4, 0.5) is 0 Å². The highest BCUT2D eigenvalue weighted by Gasteiger charge is 2.25. The molecule has 0 aromatic heterocycles. The van der Waals surface area contributed by atoms with Crippen LogP contribution in [0, 0.1) is 17.8 Å². The van der Waals surface area contributed by atoms with Gasteiger partial charge in [-0.2, -0.15) is 0 Å². The molecule has 0 heterocycles. The standard InChI is InChI=1S/C16H21NO3S/c1-17(13-15-5-2-3-6-15)21(19,20)16-10-8-14(9-11-16)7-4-12-18/h8-11,15,18H,2-3,5-6,12-13H2,1H3. The maximum absolute atomic E-state index is 12.5. The summed E-state index contributed by atoms with van der Waals surface area (Å²) in [5.41, 5.74) is 0.696. The highest BCUT2D eigenvalue weighted by molar-refractivity contribution is 7.89. The molecule has 0 unspecified atom stereocenters. The Balaban J connectivity index is 2.10. The molecular formula is C16H21NO3S. The lowest BCUT2D eigenvalue weighted by Crippen LogP contribution is -2.31. The summed E-state index contributed by atoms with van der Waals surface area (Å²) in [7, 11) is -1.78. The molecule has 1 N–H and O–H groups in total. The van der Waals surface area contributed by atoms with Gasteiger partial charge < -0.3 is 5.11 Å². The molecule has 0 spiro atoms. The molecule has 5 heteroatoms. The van der Waals surface area contributed by atoms with Crippen molar-refractivity contribution in [3.05, 3.63) is 29.8 Å². The van der Waals surface area contributed by atoms with Crippen molar-refractivity contribution >= 4 is 10.0 Å². The normalized spacial score (nSPS) is 16.0. The molecular weight excluding hydrogens is 286 g/mol. The third-order valence-corrected chi connectivity index (χ3v) is 5.70. The van der Waals surface area contributed by atoms with Crippen LogP contribution in [-0.4, -0.2) is 38.0 Å². The summed E-state index contributed by atoms with van der Waals surface area (Å²) in [5, 5.41) is 8.64. The third-order valence-electron chi connectivity index (χ3n) is 3.86. The molecule has 1 aliphatic rings. The quantitative estimate of drug-likeness (QED) is 0.864. The fraction of sp³-hybridized carbons (Fsp3) is 0.500. The minimum atomic E-state index is -3.43. The Morgan fingerprint density at radius 2 is 1.86 bits per heavy atom. The number of rotatable bonds is 4. The molecule has 114 valence electrons. The van der Waals surface area contributed by atoms with E-state index in [0.29, 0.717) is 18.0 Å². The topological polar surface area (TPSA) is 57.6 Å². The van der Waals surface area contributed by atoms with Crippen LogP contribution in [0.5, 0.6) is 0 Å². The van der Waals surface area contributed by atoms with E-state index in [1.54, 1.807) is 31.3 Å². The van der Waals surface area contributed by atoms with E-state index in [9.17, 15) is 8.42 Å². The number of nitrogens with zero attached hydrogens (tertiary/aromatic N) is 1. The zero-order chi connectivity index (χ0) is 15.3. The van der Waals surface area contributed by atoms with Crippen LogP contribution in [0.25, 0.3) is 0 Å². The van der Waals surface area contributed by atoms with Gasteiger partial charge in [0, 0.05) is 19.2 Å². The highest BCUT2D eigenvalue weighted by atomic mass is 32.2. The van der Waals surface area contributed by atoms with Gasteiger partial charge in [0.25, 0.3) is 0 Å². The largest absolute Gasteiger partial charge is 0.384 e. The first kappa shape index (κ1) is 16.0. The second-order valence-electron chi connectivity index (χ2n) is 5.42. The molecule has 1 aromatic carbocycles. The molecule has 0 saturated heterocycles. The Morgan fingerprint density at radius 1 is 1.24 bits per heavy atom. The van der Waals surface area contributed by atoms with Gasteiger partial charge in [-0.05, 0) is 43.0 Å². The second-order valence-corrected chi connectivity index (χ2v) is 7.47. The van der Waals surface area contributed by atoms with E-state index in [1.165, 1.54) is 17.1 Å². The average Bonchev–Trinajstić information content (AvgIpc) is 2.98. The molecule has 1 fully saturated rings. The summed E-state index contributed by atoms with van der Waals surface area (Å²) in [6.07, 6.45) is 4.65. The predicted molar refractivity (Wildman–Crippen MR) is 82.2 cm³/mol. The van der Waals surface area contributed by atoms with Gasteiger partial charge in [0.1, 0.15) is 6.61 Å². The number of sulfonamides is 1. The van der Waals surface area contributed by atoms with Crippen LogP contribution in [-0.2, 0) is 10.0 Å². The van der Waals surface area contributed by atoms with Gasteiger partial charge in [-0.25, -0.2) is 12.7 Å². The van der Waals surface area contributed by atoms with Crippen LogP contribution in [0.1, 0.15) is 31.2 Å². The van der Waals surface area contributed by atoms with Crippen molar-refractivity contribution in [2.75, 3.05) is 20.2 Å². The number of benzene rings is 1. The van der Waals surface area contributed by atoms with Gasteiger partial charge in [-0.1, -0.05) is 24.7 Å². The van der Waals surface area contributed by atoms with Gasteiger partial charge in [-0.3, -0.25) is 0 Å². The number of hydrogen-bond donors (Lipinski definition) is 1. The van der Waals surface area contributed by atoms with Crippen LogP contribution in [0.15, 0.2) is 29.2 Å². The van der Waals surface area contributed by atoms with Gasteiger partial charge in [0.2, 0.25) is 10.0 Å². The summed E-state index contributed by atoms with van der Waals surface area (Å²) >= 11 is 0. The first-order valence-corrected chi connectivity index (χ1v) is 8.64. The molecule has 1 aliphatic carbocycles. The summed E-state index contributed by atoms with van der Waals surface area (Å²) in [6.45, 7) is 0.387. The SMILES string of the molecule is CN(CC1CCCC1)S(=O)(=O)c1ccc(C#CCO)cc1. The van der Waals surface area contributed by atoms with E-state index < -0.39 is 10.0 Å². The highest BCUT2D eigenvalue weighted by Crippen LogP contribution is 2.27. The van der Waals surface area contributed by atoms with E-state index in [2.05, 4.69) is 11.8 Å². The molecule has 0 radical (unpaired) electrons. The molecule has 1 saturated carbocycles. The molecule has 21 heavy (non-hydrogen) atoms. The number of aliphatic hydroxyl groups excluding tert-OH is 1. The zero-order valence-electron chi connectivity index (χ0n) is 12.2. The summed E-state index contributed by atoms with van der Waals surface area (Å²) in [5.74, 6) is 5.78. The third kappa shape index (κ3) is 4.07. The molecule has 1 aromatic rings. The van der Waals surface area contributed by atoms with Crippen molar-refractivity contribution in [1.82, 2.24) is 4.31 Å².